The lowest BCUT2D eigenvalue weighted by molar-refractivity contribution is -0.0404. The van der Waals surface area contributed by atoms with E-state index in [9.17, 15) is 0 Å². The van der Waals surface area contributed by atoms with Gasteiger partial charge in [0, 0.05) is 20.6 Å². The second-order valence-corrected chi connectivity index (χ2v) is 6.35. The highest BCUT2D eigenvalue weighted by atomic mass is 15.5. The summed E-state index contributed by atoms with van der Waals surface area (Å²) in [6.45, 7) is 1.22. The zero-order valence-electron chi connectivity index (χ0n) is 10.1. The van der Waals surface area contributed by atoms with Crippen molar-refractivity contribution in [2.24, 2.45) is 29.6 Å². The first kappa shape index (κ1) is 10.1. The van der Waals surface area contributed by atoms with Gasteiger partial charge in [0.05, 0.1) is 0 Å². The second-order valence-electron chi connectivity index (χ2n) is 6.35. The van der Waals surface area contributed by atoms with Crippen LogP contribution in [0.5, 0.6) is 0 Å². The van der Waals surface area contributed by atoms with Crippen molar-refractivity contribution in [3.05, 3.63) is 0 Å². The van der Waals surface area contributed by atoms with Gasteiger partial charge >= 0.3 is 0 Å². The summed E-state index contributed by atoms with van der Waals surface area (Å²) in [4.78, 5) is 0. The third-order valence-electron chi connectivity index (χ3n) is 5.07. The summed E-state index contributed by atoms with van der Waals surface area (Å²) in [5.41, 5.74) is 3.51. The lowest BCUT2D eigenvalue weighted by Gasteiger charge is -2.54. The van der Waals surface area contributed by atoms with Crippen molar-refractivity contribution in [2.75, 3.05) is 20.6 Å². The molecule has 0 radical (unpaired) electrons. The van der Waals surface area contributed by atoms with Gasteiger partial charge in [-0.2, -0.15) is 0 Å². The maximum absolute atomic E-state index is 3.51. The van der Waals surface area contributed by atoms with Crippen LogP contribution in [0.1, 0.15) is 32.1 Å². The quantitative estimate of drug-likeness (QED) is 0.715. The van der Waals surface area contributed by atoms with E-state index in [0.29, 0.717) is 0 Å². The van der Waals surface area contributed by atoms with E-state index < -0.39 is 0 Å². The maximum Gasteiger partial charge on any atom is 0.0136 e. The predicted octanol–water partition coefficient (Wildman–Crippen LogP) is 2.12. The third-order valence-corrected chi connectivity index (χ3v) is 5.07. The molecule has 4 aliphatic rings. The van der Waals surface area contributed by atoms with Crippen molar-refractivity contribution in [1.29, 1.82) is 0 Å². The third kappa shape index (κ3) is 1.83. The summed E-state index contributed by atoms with van der Waals surface area (Å²) in [7, 11) is 4.21. The van der Waals surface area contributed by atoms with Crippen molar-refractivity contribution < 1.29 is 0 Å². The van der Waals surface area contributed by atoms with Gasteiger partial charge in [-0.25, -0.2) is 0 Å². The summed E-state index contributed by atoms with van der Waals surface area (Å²) in [6.07, 6.45) is 7.76. The molecule has 0 spiro atoms. The molecular weight excluding hydrogens is 184 g/mol. The Balaban J connectivity index is 1.64. The molecule has 2 nitrogen and oxygen atoms in total. The fraction of sp³-hybridized carbons (Fsp3) is 1.00. The topological polar surface area (TPSA) is 15.3 Å². The van der Waals surface area contributed by atoms with Crippen LogP contribution in [0.15, 0.2) is 0 Å². The molecule has 86 valence electrons. The molecule has 1 N–H and O–H groups in total. The Morgan fingerprint density at radius 1 is 0.933 bits per heavy atom. The minimum absolute atomic E-state index is 0.986. The molecule has 15 heavy (non-hydrogen) atoms. The molecule has 0 aromatic carbocycles. The molecule has 0 amide bonds. The van der Waals surface area contributed by atoms with Crippen molar-refractivity contribution in [3.8, 4) is 0 Å². The van der Waals surface area contributed by atoms with Crippen LogP contribution in [0.3, 0.4) is 0 Å². The normalized spacial score (nSPS) is 47.8. The molecule has 0 atom stereocenters. The monoisotopic (exact) mass is 208 g/mol. The van der Waals surface area contributed by atoms with Gasteiger partial charge in [-0.3, -0.25) is 10.4 Å². The summed E-state index contributed by atoms with van der Waals surface area (Å²) in [5.74, 6) is 5.34. The van der Waals surface area contributed by atoms with Gasteiger partial charge < -0.3 is 0 Å². The van der Waals surface area contributed by atoms with E-state index >= 15 is 0 Å². The first-order valence-corrected chi connectivity index (χ1v) is 6.63. The van der Waals surface area contributed by atoms with Gasteiger partial charge in [0.2, 0.25) is 0 Å². The van der Waals surface area contributed by atoms with Gasteiger partial charge in [-0.05, 0) is 61.7 Å². The van der Waals surface area contributed by atoms with Gasteiger partial charge in [0.15, 0.2) is 0 Å². The first-order chi connectivity index (χ1) is 7.22. The molecule has 4 fully saturated rings. The molecule has 4 bridgehead atoms. The average Bonchev–Trinajstić information content (AvgIpc) is 2.14. The zero-order chi connectivity index (χ0) is 10.4. The summed E-state index contributed by atoms with van der Waals surface area (Å²) in [6, 6.07) is 0. The minimum atomic E-state index is 0.986. The minimum Gasteiger partial charge on any atom is -0.255 e. The van der Waals surface area contributed by atoms with E-state index in [2.05, 4.69) is 24.5 Å². The van der Waals surface area contributed by atoms with Crippen molar-refractivity contribution in [2.45, 2.75) is 32.1 Å². The van der Waals surface area contributed by atoms with Gasteiger partial charge in [0.1, 0.15) is 0 Å². The molecule has 2 heteroatoms. The molecular formula is C13H24N2. The molecule has 0 aromatic heterocycles. The van der Waals surface area contributed by atoms with Crippen LogP contribution in [-0.2, 0) is 0 Å². The fourth-order valence-corrected chi connectivity index (χ4v) is 4.66. The number of rotatable bonds is 3. The average molecular weight is 208 g/mol. The molecule has 0 unspecified atom stereocenters. The Morgan fingerprint density at radius 3 is 1.93 bits per heavy atom. The Morgan fingerprint density at radius 2 is 1.47 bits per heavy atom. The number of hydrogen-bond acceptors (Lipinski definition) is 2. The first-order valence-electron chi connectivity index (χ1n) is 6.63. The van der Waals surface area contributed by atoms with Gasteiger partial charge in [0.25, 0.3) is 0 Å². The Hall–Kier alpha value is -0.0800. The van der Waals surface area contributed by atoms with Gasteiger partial charge in [-0.15, -0.1) is 0 Å². The van der Waals surface area contributed by atoms with E-state index in [1.54, 1.807) is 32.1 Å². The highest BCUT2D eigenvalue weighted by molar-refractivity contribution is 4.98. The van der Waals surface area contributed by atoms with Crippen molar-refractivity contribution in [3.63, 3.8) is 0 Å². The maximum atomic E-state index is 3.51. The van der Waals surface area contributed by atoms with E-state index in [4.69, 9.17) is 0 Å². The molecule has 0 heterocycles. The Labute approximate surface area is 93.4 Å². The largest absolute Gasteiger partial charge is 0.255 e. The standard InChI is InChI=1S/C13H24N2/c1-15(2)14-8-13-11-4-9-3-10(6-11)7-12(13)5-9/h9-14H,3-8H2,1-2H3. The van der Waals surface area contributed by atoms with Crippen LogP contribution < -0.4 is 5.43 Å². The predicted molar refractivity (Wildman–Crippen MR) is 62.2 cm³/mol. The smallest absolute Gasteiger partial charge is 0.0136 e. The van der Waals surface area contributed by atoms with Gasteiger partial charge in [-0.1, -0.05) is 0 Å². The van der Waals surface area contributed by atoms with E-state index in [-0.39, 0.29) is 0 Å². The molecule has 4 rings (SSSR count). The summed E-state index contributed by atoms with van der Waals surface area (Å²) in [5, 5.41) is 2.12. The van der Waals surface area contributed by atoms with Crippen LogP contribution >= 0.6 is 0 Å². The van der Waals surface area contributed by atoms with Crippen molar-refractivity contribution in [1.82, 2.24) is 10.4 Å². The number of hydrazine groups is 1. The van der Waals surface area contributed by atoms with E-state index in [0.717, 1.165) is 29.6 Å². The molecule has 0 saturated heterocycles. The van der Waals surface area contributed by atoms with Crippen LogP contribution in [0.4, 0.5) is 0 Å². The molecule has 4 saturated carbocycles. The highest BCUT2D eigenvalue weighted by Gasteiger charge is 2.47. The van der Waals surface area contributed by atoms with Crippen LogP contribution in [-0.4, -0.2) is 25.6 Å². The summed E-state index contributed by atoms with van der Waals surface area (Å²) >= 11 is 0. The van der Waals surface area contributed by atoms with E-state index in [1.165, 1.54) is 6.54 Å². The lowest BCUT2D eigenvalue weighted by atomic mass is 9.52. The zero-order valence-corrected chi connectivity index (χ0v) is 10.1. The van der Waals surface area contributed by atoms with Crippen LogP contribution in [0.2, 0.25) is 0 Å². The molecule has 4 aliphatic carbocycles. The number of hydrogen-bond donors (Lipinski definition) is 1. The summed E-state index contributed by atoms with van der Waals surface area (Å²) < 4.78 is 0. The fourth-order valence-electron chi connectivity index (χ4n) is 4.66. The number of nitrogens with zero attached hydrogens (tertiary/aromatic N) is 1. The lowest BCUT2D eigenvalue weighted by Crippen LogP contribution is -2.49. The van der Waals surface area contributed by atoms with E-state index in [1.807, 2.05) is 0 Å². The number of nitrogens with one attached hydrogen (secondary N) is 1. The molecule has 0 aliphatic heterocycles. The highest BCUT2D eigenvalue weighted by Crippen LogP contribution is 2.56. The van der Waals surface area contributed by atoms with Crippen LogP contribution in [0.25, 0.3) is 0 Å². The SMILES string of the molecule is CN(C)NCC1C2CC3CC(C2)CC1C3. The molecule has 0 aromatic rings. The Bertz CT molecular complexity index is 209. The van der Waals surface area contributed by atoms with Crippen LogP contribution in [0, 0.1) is 29.6 Å². The van der Waals surface area contributed by atoms with Crippen molar-refractivity contribution >= 4 is 0 Å². The second kappa shape index (κ2) is 3.74. The Kier molecular flexibility index (Phi) is 2.52.